The highest BCUT2D eigenvalue weighted by atomic mass is 32.1. The molecule has 3 heterocycles. The summed E-state index contributed by atoms with van der Waals surface area (Å²) < 4.78 is 40.5. The van der Waals surface area contributed by atoms with Gasteiger partial charge >= 0.3 is 12.2 Å². The van der Waals surface area contributed by atoms with Crippen molar-refractivity contribution in [3.63, 3.8) is 0 Å². The van der Waals surface area contributed by atoms with E-state index in [-0.39, 0.29) is 21.9 Å². The van der Waals surface area contributed by atoms with Gasteiger partial charge in [0.05, 0.1) is 11.8 Å². The Labute approximate surface area is 171 Å². The van der Waals surface area contributed by atoms with E-state index in [0.717, 1.165) is 23.0 Å². The predicted octanol–water partition coefficient (Wildman–Crippen LogP) is 4.65. The number of anilines is 2. The zero-order chi connectivity index (χ0) is 21.1. The fourth-order valence-electron chi connectivity index (χ4n) is 2.65. The molecule has 4 aromatic rings. The van der Waals surface area contributed by atoms with Crippen molar-refractivity contribution >= 4 is 28.2 Å². The van der Waals surface area contributed by atoms with Crippen LogP contribution in [0.4, 0.5) is 28.8 Å². The number of rotatable bonds is 4. The van der Waals surface area contributed by atoms with Crippen LogP contribution in [0, 0.1) is 0 Å². The third-order valence-corrected chi connectivity index (χ3v) is 4.85. The quantitative estimate of drug-likeness (QED) is 0.436. The number of halogens is 3. The van der Waals surface area contributed by atoms with Gasteiger partial charge in [0.25, 0.3) is 0 Å². The number of hydrogen-bond donors (Lipinski definition) is 3. The third-order valence-electron chi connectivity index (χ3n) is 3.96. The number of amides is 2. The molecule has 0 atom stereocenters. The van der Waals surface area contributed by atoms with Crippen molar-refractivity contribution in [3.05, 3.63) is 60.7 Å². The summed E-state index contributed by atoms with van der Waals surface area (Å²) in [6, 6.07) is 6.26. The van der Waals surface area contributed by atoms with Crippen LogP contribution in [-0.4, -0.2) is 31.4 Å². The summed E-state index contributed by atoms with van der Waals surface area (Å²) in [5.74, 6) is 0. The second-order valence-electron chi connectivity index (χ2n) is 5.97. The number of urea groups is 1. The molecule has 0 spiro atoms. The maximum absolute atomic E-state index is 13.5. The molecule has 0 radical (unpaired) electrons. The summed E-state index contributed by atoms with van der Waals surface area (Å²) >= 11 is 1.12. The van der Waals surface area contributed by atoms with E-state index >= 15 is 0 Å². The zero-order valence-corrected chi connectivity index (χ0v) is 15.8. The smallest absolute Gasteiger partial charge is 0.308 e. The second-order valence-corrected chi connectivity index (χ2v) is 6.95. The Morgan fingerprint density at radius 3 is 2.53 bits per heavy atom. The molecule has 4 rings (SSSR count). The predicted molar refractivity (Wildman–Crippen MR) is 105 cm³/mol. The summed E-state index contributed by atoms with van der Waals surface area (Å²) in [6.07, 6.45) is 1.24. The first-order chi connectivity index (χ1) is 14.4. The molecule has 3 aromatic heterocycles. The van der Waals surface area contributed by atoms with Gasteiger partial charge in [0.2, 0.25) is 5.13 Å². The average molecular weight is 431 g/mol. The first kappa shape index (κ1) is 19.5. The lowest BCUT2D eigenvalue weighted by molar-refractivity contribution is -0.137. The van der Waals surface area contributed by atoms with Crippen molar-refractivity contribution in [2.24, 2.45) is 0 Å². The molecule has 0 bridgehead atoms. The highest BCUT2D eigenvalue weighted by Gasteiger charge is 2.34. The summed E-state index contributed by atoms with van der Waals surface area (Å²) in [7, 11) is 0. The Bertz CT molecular complexity index is 1160. The van der Waals surface area contributed by atoms with E-state index in [2.05, 4.69) is 36.0 Å². The summed E-state index contributed by atoms with van der Waals surface area (Å²) in [4.78, 5) is 16.1. The number of benzene rings is 1. The number of carbonyl (C=O) groups is 1. The molecule has 0 saturated heterocycles. The van der Waals surface area contributed by atoms with Crippen LogP contribution in [0.25, 0.3) is 21.7 Å². The fraction of sp³-hybridized carbons (Fsp3) is 0.0556. The highest BCUT2D eigenvalue weighted by molar-refractivity contribution is 7.18. The SMILES string of the molecule is O=C(Nc1ccc(-c2cn[nH]c2)c(C(F)(F)F)c1)Nc1nnc(-c2ccncc2)s1. The maximum Gasteiger partial charge on any atom is 0.417 e. The van der Waals surface area contributed by atoms with E-state index in [1.807, 2.05) is 0 Å². The van der Waals surface area contributed by atoms with Gasteiger partial charge in [-0.2, -0.15) is 18.3 Å². The van der Waals surface area contributed by atoms with E-state index in [0.29, 0.717) is 5.01 Å². The molecule has 152 valence electrons. The summed E-state index contributed by atoms with van der Waals surface area (Å²) in [5, 5.41) is 19.6. The lowest BCUT2D eigenvalue weighted by Gasteiger charge is -2.14. The number of hydrogen-bond acceptors (Lipinski definition) is 6. The van der Waals surface area contributed by atoms with E-state index in [1.165, 1.54) is 24.5 Å². The van der Waals surface area contributed by atoms with Gasteiger partial charge in [-0.25, -0.2) is 4.79 Å². The van der Waals surface area contributed by atoms with Crippen LogP contribution in [0.5, 0.6) is 0 Å². The lowest BCUT2D eigenvalue weighted by atomic mass is 10.0. The van der Waals surface area contributed by atoms with Gasteiger partial charge in [0, 0.05) is 35.4 Å². The molecule has 8 nitrogen and oxygen atoms in total. The second kappa shape index (κ2) is 7.91. The van der Waals surface area contributed by atoms with Gasteiger partial charge < -0.3 is 5.32 Å². The van der Waals surface area contributed by atoms with Gasteiger partial charge in [0.15, 0.2) is 0 Å². The first-order valence-corrected chi connectivity index (χ1v) is 9.24. The Morgan fingerprint density at radius 1 is 1.03 bits per heavy atom. The number of pyridine rings is 1. The average Bonchev–Trinajstić information content (AvgIpc) is 3.40. The van der Waals surface area contributed by atoms with Crippen LogP contribution in [0.1, 0.15) is 5.56 Å². The molecule has 0 fully saturated rings. The van der Waals surface area contributed by atoms with Crippen LogP contribution in [0.2, 0.25) is 0 Å². The molecule has 1 aromatic carbocycles. The monoisotopic (exact) mass is 431 g/mol. The molecule has 0 aliphatic rings. The van der Waals surface area contributed by atoms with Gasteiger partial charge in [-0.1, -0.05) is 17.4 Å². The molecule has 30 heavy (non-hydrogen) atoms. The van der Waals surface area contributed by atoms with Crippen molar-refractivity contribution in [3.8, 4) is 21.7 Å². The van der Waals surface area contributed by atoms with Crippen LogP contribution >= 0.6 is 11.3 Å². The van der Waals surface area contributed by atoms with Crippen molar-refractivity contribution in [2.45, 2.75) is 6.18 Å². The van der Waals surface area contributed by atoms with Crippen LogP contribution < -0.4 is 10.6 Å². The van der Waals surface area contributed by atoms with E-state index in [9.17, 15) is 18.0 Å². The minimum Gasteiger partial charge on any atom is -0.308 e. The van der Waals surface area contributed by atoms with Gasteiger partial charge in [-0.15, -0.1) is 10.2 Å². The van der Waals surface area contributed by atoms with Crippen molar-refractivity contribution in [1.29, 1.82) is 0 Å². The number of aromatic nitrogens is 5. The Kier molecular flexibility index (Phi) is 5.14. The molecule has 2 amide bonds. The minimum absolute atomic E-state index is 0.0223. The van der Waals surface area contributed by atoms with Gasteiger partial charge in [-0.3, -0.25) is 15.4 Å². The lowest BCUT2D eigenvalue weighted by Crippen LogP contribution is -2.20. The fourth-order valence-corrected chi connectivity index (χ4v) is 3.39. The number of aromatic amines is 1. The number of nitrogens with one attached hydrogen (secondary N) is 3. The third kappa shape index (κ3) is 4.27. The normalized spacial score (nSPS) is 11.3. The van der Waals surface area contributed by atoms with Gasteiger partial charge in [0.1, 0.15) is 5.01 Å². The molecule has 0 aliphatic heterocycles. The van der Waals surface area contributed by atoms with Crippen molar-refractivity contribution < 1.29 is 18.0 Å². The number of H-pyrrole nitrogens is 1. The number of carbonyl (C=O) groups excluding carboxylic acids is 1. The highest BCUT2D eigenvalue weighted by Crippen LogP contribution is 2.38. The van der Waals surface area contributed by atoms with E-state index in [1.54, 1.807) is 24.5 Å². The molecular weight excluding hydrogens is 419 g/mol. The number of alkyl halides is 3. The van der Waals surface area contributed by atoms with E-state index < -0.39 is 17.8 Å². The van der Waals surface area contributed by atoms with Crippen LogP contribution in [0.3, 0.4) is 0 Å². The summed E-state index contributed by atoms with van der Waals surface area (Å²) in [5.41, 5.74) is 0.105. The molecule has 0 saturated carbocycles. The number of nitrogens with zero attached hydrogens (tertiary/aromatic N) is 4. The molecule has 3 N–H and O–H groups in total. The van der Waals surface area contributed by atoms with Crippen molar-refractivity contribution in [2.75, 3.05) is 10.6 Å². The standard InChI is InChI=1S/C18H12F3N7OS/c19-18(20,21)14-7-12(1-2-13(14)11-8-23-24-9-11)25-16(29)26-17-28-27-15(30-17)10-3-5-22-6-4-10/h1-9H,(H,23,24)(H2,25,26,28,29). The van der Waals surface area contributed by atoms with Crippen LogP contribution in [0.15, 0.2) is 55.1 Å². The molecular formula is C18H12F3N7OS. The Hall–Kier alpha value is -3.80. The largest absolute Gasteiger partial charge is 0.417 e. The van der Waals surface area contributed by atoms with Crippen LogP contribution in [-0.2, 0) is 6.18 Å². The topological polar surface area (TPSA) is 108 Å². The van der Waals surface area contributed by atoms with Crippen molar-refractivity contribution in [1.82, 2.24) is 25.4 Å². The molecule has 12 heteroatoms. The molecule has 0 aliphatic carbocycles. The van der Waals surface area contributed by atoms with E-state index in [4.69, 9.17) is 0 Å². The Balaban J connectivity index is 1.50. The molecule has 0 unspecified atom stereocenters. The summed E-state index contributed by atoms with van der Waals surface area (Å²) in [6.45, 7) is 0. The first-order valence-electron chi connectivity index (χ1n) is 8.42. The minimum atomic E-state index is -4.61. The zero-order valence-electron chi connectivity index (χ0n) is 14.9. The Morgan fingerprint density at radius 2 is 1.83 bits per heavy atom. The maximum atomic E-state index is 13.5. The van der Waals surface area contributed by atoms with Gasteiger partial charge in [-0.05, 0) is 29.8 Å².